The molecule has 1 saturated heterocycles. The maximum absolute atomic E-state index is 11.4. The molecule has 2 rings (SSSR count). The van der Waals surface area contributed by atoms with Gasteiger partial charge < -0.3 is 9.64 Å². The van der Waals surface area contributed by atoms with Gasteiger partial charge in [0, 0.05) is 27.1 Å². The van der Waals surface area contributed by atoms with E-state index in [1.807, 2.05) is 12.0 Å². The van der Waals surface area contributed by atoms with Crippen molar-refractivity contribution in [3.05, 3.63) is 0 Å². The molecule has 1 aliphatic carbocycles. The number of nitrogens with zero attached hydrogens (tertiary/aromatic N) is 1. The van der Waals surface area contributed by atoms with Crippen LogP contribution in [0.3, 0.4) is 0 Å². The normalized spacial score (nSPS) is 37.4. The fourth-order valence-corrected chi connectivity index (χ4v) is 3.67. The maximum Gasteiger partial charge on any atom is 0.219 e. The number of likely N-dealkylation sites (tertiary alicyclic amines) is 1. The molecule has 2 fully saturated rings. The minimum atomic E-state index is 0.00517. The average molecular weight is 239 g/mol. The molecule has 0 aromatic heterocycles. The van der Waals surface area contributed by atoms with Crippen LogP contribution < -0.4 is 0 Å². The Hall–Kier alpha value is -0.570. The summed E-state index contributed by atoms with van der Waals surface area (Å²) in [6, 6.07) is 0. The van der Waals surface area contributed by atoms with Gasteiger partial charge in [-0.05, 0) is 30.1 Å². The van der Waals surface area contributed by atoms with Gasteiger partial charge in [-0.15, -0.1) is 0 Å². The van der Waals surface area contributed by atoms with E-state index in [4.69, 9.17) is 4.74 Å². The van der Waals surface area contributed by atoms with Crippen molar-refractivity contribution in [1.82, 2.24) is 4.90 Å². The Morgan fingerprint density at radius 2 is 1.71 bits per heavy atom. The molecule has 0 spiro atoms. The minimum Gasteiger partial charge on any atom is -0.378 e. The van der Waals surface area contributed by atoms with Crippen molar-refractivity contribution < 1.29 is 9.53 Å². The van der Waals surface area contributed by atoms with Crippen LogP contribution in [0.25, 0.3) is 0 Å². The predicted molar refractivity (Wildman–Crippen MR) is 67.7 cm³/mol. The van der Waals surface area contributed by atoms with Gasteiger partial charge in [-0.1, -0.05) is 20.8 Å². The van der Waals surface area contributed by atoms with E-state index in [9.17, 15) is 4.79 Å². The highest BCUT2D eigenvalue weighted by Gasteiger charge is 2.54. The summed E-state index contributed by atoms with van der Waals surface area (Å²) in [6.07, 6.45) is 2.20. The predicted octanol–water partition coefficient (Wildman–Crippen LogP) is 2.31. The Bertz CT molecular complexity index is 305. The van der Waals surface area contributed by atoms with Crippen LogP contribution in [-0.4, -0.2) is 36.6 Å². The van der Waals surface area contributed by atoms with Crippen molar-refractivity contribution in [1.29, 1.82) is 0 Å². The van der Waals surface area contributed by atoms with E-state index in [1.165, 1.54) is 0 Å². The number of methoxy groups -OCH3 is 1. The van der Waals surface area contributed by atoms with Gasteiger partial charge in [-0.3, -0.25) is 4.79 Å². The fourth-order valence-electron chi connectivity index (χ4n) is 3.67. The van der Waals surface area contributed by atoms with Gasteiger partial charge >= 0.3 is 0 Å². The topological polar surface area (TPSA) is 29.5 Å². The first-order valence-electron chi connectivity index (χ1n) is 6.60. The largest absolute Gasteiger partial charge is 0.378 e. The first-order valence-corrected chi connectivity index (χ1v) is 6.60. The fraction of sp³-hybridized carbons (Fsp3) is 0.929. The lowest BCUT2D eigenvalue weighted by atomic mass is 9.74. The lowest BCUT2D eigenvalue weighted by Crippen LogP contribution is -2.44. The van der Waals surface area contributed by atoms with E-state index < -0.39 is 0 Å². The monoisotopic (exact) mass is 239 g/mol. The average Bonchev–Trinajstić information content (AvgIpc) is 2.70. The highest BCUT2D eigenvalue weighted by molar-refractivity contribution is 5.73. The Balaban J connectivity index is 2.11. The molecular weight excluding hydrogens is 214 g/mol. The molecule has 0 aromatic carbocycles. The van der Waals surface area contributed by atoms with Crippen molar-refractivity contribution >= 4 is 5.91 Å². The van der Waals surface area contributed by atoms with Crippen LogP contribution >= 0.6 is 0 Å². The van der Waals surface area contributed by atoms with Gasteiger partial charge in [-0.2, -0.15) is 0 Å². The van der Waals surface area contributed by atoms with Gasteiger partial charge in [0.05, 0.1) is 5.60 Å². The quantitative estimate of drug-likeness (QED) is 0.702. The van der Waals surface area contributed by atoms with E-state index in [1.54, 1.807) is 6.92 Å². The van der Waals surface area contributed by atoms with E-state index in [2.05, 4.69) is 20.8 Å². The van der Waals surface area contributed by atoms with Crippen molar-refractivity contribution in [2.75, 3.05) is 20.2 Å². The Morgan fingerprint density at radius 3 is 2.00 bits per heavy atom. The minimum absolute atomic E-state index is 0.00517. The molecule has 0 aromatic rings. The second-order valence-corrected chi connectivity index (χ2v) is 6.80. The van der Waals surface area contributed by atoms with Crippen molar-refractivity contribution in [3.63, 3.8) is 0 Å². The molecule has 1 saturated carbocycles. The van der Waals surface area contributed by atoms with Gasteiger partial charge in [0.15, 0.2) is 0 Å². The number of fused-ring (bicyclic) bond motifs is 1. The van der Waals surface area contributed by atoms with Crippen LogP contribution in [0.2, 0.25) is 0 Å². The number of hydrogen-bond acceptors (Lipinski definition) is 2. The lowest BCUT2D eigenvalue weighted by molar-refractivity contribution is -0.129. The van der Waals surface area contributed by atoms with Crippen LogP contribution in [0.5, 0.6) is 0 Å². The molecular formula is C14H25NO2. The first kappa shape index (κ1) is 12.9. The zero-order valence-electron chi connectivity index (χ0n) is 11.7. The first-order chi connectivity index (χ1) is 7.79. The van der Waals surface area contributed by atoms with Crippen LogP contribution in [-0.2, 0) is 9.53 Å². The van der Waals surface area contributed by atoms with Crippen molar-refractivity contribution in [3.8, 4) is 0 Å². The van der Waals surface area contributed by atoms with E-state index in [-0.39, 0.29) is 16.9 Å². The Labute approximate surface area is 105 Å². The molecule has 0 N–H and O–H groups in total. The summed E-state index contributed by atoms with van der Waals surface area (Å²) in [5.41, 5.74) is 0.179. The number of carbonyl (C=O) groups is 1. The second kappa shape index (κ2) is 3.98. The number of ether oxygens (including phenoxy) is 1. The van der Waals surface area contributed by atoms with E-state index in [0.29, 0.717) is 11.8 Å². The van der Waals surface area contributed by atoms with Gasteiger partial charge in [0.2, 0.25) is 5.91 Å². The summed E-state index contributed by atoms with van der Waals surface area (Å²) in [5, 5.41) is 0. The van der Waals surface area contributed by atoms with Gasteiger partial charge in [0.1, 0.15) is 0 Å². The number of hydrogen-bond donors (Lipinski definition) is 0. The zero-order valence-corrected chi connectivity index (χ0v) is 11.7. The third-order valence-electron chi connectivity index (χ3n) is 4.96. The molecule has 1 amide bonds. The molecule has 2 atom stereocenters. The third-order valence-corrected chi connectivity index (χ3v) is 4.96. The molecule has 17 heavy (non-hydrogen) atoms. The van der Waals surface area contributed by atoms with Gasteiger partial charge in [0.25, 0.3) is 0 Å². The van der Waals surface area contributed by atoms with Crippen LogP contribution in [0, 0.1) is 17.3 Å². The summed E-state index contributed by atoms with van der Waals surface area (Å²) in [5.74, 6) is 1.49. The highest BCUT2D eigenvalue weighted by atomic mass is 16.5. The molecule has 0 bridgehead atoms. The smallest absolute Gasteiger partial charge is 0.219 e. The summed E-state index contributed by atoms with van der Waals surface area (Å²) in [7, 11) is 1.84. The summed E-state index contributed by atoms with van der Waals surface area (Å²) >= 11 is 0. The Kier molecular flexibility index (Phi) is 3.01. The number of carbonyl (C=O) groups excluding carboxylic acids is 1. The number of amides is 1. The molecule has 3 nitrogen and oxygen atoms in total. The standard InChI is InChI=1S/C14H25NO2/c1-10(16)15-8-11-6-14(17-5,13(2,3)4)7-12(11)9-15/h11-12H,6-9H2,1-5H3. The molecule has 2 aliphatic rings. The van der Waals surface area contributed by atoms with E-state index >= 15 is 0 Å². The molecule has 3 heteroatoms. The molecule has 98 valence electrons. The lowest BCUT2D eigenvalue weighted by Gasteiger charge is -2.42. The molecule has 1 aliphatic heterocycles. The number of rotatable bonds is 1. The zero-order chi connectivity index (χ0) is 12.8. The summed E-state index contributed by atoms with van der Waals surface area (Å²) < 4.78 is 5.89. The van der Waals surface area contributed by atoms with Crippen LogP contribution in [0.15, 0.2) is 0 Å². The van der Waals surface area contributed by atoms with Crippen molar-refractivity contribution in [2.24, 2.45) is 17.3 Å². The van der Waals surface area contributed by atoms with Gasteiger partial charge in [-0.25, -0.2) is 0 Å². The van der Waals surface area contributed by atoms with Crippen LogP contribution in [0.1, 0.15) is 40.5 Å². The molecule has 0 radical (unpaired) electrons. The molecule has 2 unspecified atom stereocenters. The second-order valence-electron chi connectivity index (χ2n) is 6.80. The summed E-state index contributed by atoms with van der Waals surface area (Å²) in [6.45, 7) is 10.3. The van der Waals surface area contributed by atoms with Crippen LogP contribution in [0.4, 0.5) is 0 Å². The molecule has 1 heterocycles. The highest BCUT2D eigenvalue weighted by Crippen LogP contribution is 2.53. The van der Waals surface area contributed by atoms with Crippen molar-refractivity contribution in [2.45, 2.75) is 46.1 Å². The SMILES string of the molecule is COC1(C(C)(C)C)CC2CN(C(C)=O)CC2C1. The van der Waals surface area contributed by atoms with E-state index in [0.717, 1.165) is 25.9 Å². The maximum atomic E-state index is 11.4. The Morgan fingerprint density at radius 1 is 1.24 bits per heavy atom. The summed E-state index contributed by atoms with van der Waals surface area (Å²) in [4.78, 5) is 13.4. The third kappa shape index (κ3) is 1.99.